The van der Waals surface area contributed by atoms with Crippen molar-refractivity contribution in [2.45, 2.75) is 45.1 Å². The van der Waals surface area contributed by atoms with Crippen LogP contribution in [-0.4, -0.2) is 70.0 Å². The van der Waals surface area contributed by atoms with Gasteiger partial charge >= 0.3 is 0 Å². The minimum Gasteiger partial charge on any atom is -0.355 e. The lowest BCUT2D eigenvalue weighted by molar-refractivity contribution is -0.134. The molecule has 9 nitrogen and oxygen atoms in total. The number of fused-ring (bicyclic) bond motifs is 1. The van der Waals surface area contributed by atoms with Crippen molar-refractivity contribution in [1.82, 2.24) is 24.9 Å². The number of halogens is 1. The predicted molar refractivity (Wildman–Crippen MR) is 129 cm³/mol. The minimum atomic E-state index is -0.449. The fourth-order valence-electron chi connectivity index (χ4n) is 4.75. The van der Waals surface area contributed by atoms with Crippen LogP contribution in [-0.2, 0) is 29.6 Å². The smallest absolute Gasteiger partial charge is 0.276 e. The van der Waals surface area contributed by atoms with Gasteiger partial charge in [-0.1, -0.05) is 12.5 Å². The number of hydrogen-bond acceptors (Lipinski definition) is 5. The maximum atomic E-state index is 13.5. The van der Waals surface area contributed by atoms with Gasteiger partial charge in [0.2, 0.25) is 11.8 Å². The van der Waals surface area contributed by atoms with Crippen molar-refractivity contribution in [2.24, 2.45) is 7.05 Å². The quantitative estimate of drug-likeness (QED) is 0.598. The van der Waals surface area contributed by atoms with E-state index < -0.39 is 11.7 Å². The molecule has 0 unspecified atom stereocenters. The van der Waals surface area contributed by atoms with E-state index in [1.165, 1.54) is 37.5 Å². The molecule has 1 saturated heterocycles. The summed E-state index contributed by atoms with van der Waals surface area (Å²) in [5, 5.41) is 9.95. The van der Waals surface area contributed by atoms with E-state index in [0.29, 0.717) is 30.8 Å². The number of nitrogens with zero attached hydrogens (tertiary/aromatic N) is 4. The molecule has 0 aliphatic carbocycles. The van der Waals surface area contributed by atoms with Gasteiger partial charge in [-0.25, -0.2) is 4.39 Å². The Kier molecular flexibility index (Phi) is 8.12. The molecule has 0 radical (unpaired) electrons. The van der Waals surface area contributed by atoms with Crippen LogP contribution in [0.1, 0.15) is 53.8 Å². The molecule has 0 atom stereocenters. The normalized spacial score (nSPS) is 16.0. The Morgan fingerprint density at radius 3 is 2.66 bits per heavy atom. The van der Waals surface area contributed by atoms with Gasteiger partial charge in [0, 0.05) is 69.4 Å². The number of amides is 3. The lowest BCUT2D eigenvalue weighted by atomic mass is 10.0. The molecule has 2 aliphatic heterocycles. The predicted octanol–water partition coefficient (Wildman–Crippen LogP) is 2.08. The van der Waals surface area contributed by atoms with E-state index in [9.17, 15) is 18.8 Å². The Hall–Kier alpha value is -3.27. The van der Waals surface area contributed by atoms with Crippen molar-refractivity contribution in [3.8, 4) is 0 Å². The van der Waals surface area contributed by atoms with Gasteiger partial charge in [0.1, 0.15) is 5.82 Å². The molecule has 0 spiro atoms. The monoisotopic (exact) mass is 484 g/mol. The highest BCUT2D eigenvalue weighted by Crippen LogP contribution is 2.24. The number of aryl methyl sites for hydroxylation is 1. The van der Waals surface area contributed by atoms with E-state index in [4.69, 9.17) is 0 Å². The molecule has 2 aromatic rings. The second kappa shape index (κ2) is 11.4. The number of rotatable bonds is 8. The molecule has 2 aliphatic rings. The van der Waals surface area contributed by atoms with Gasteiger partial charge in [-0.2, -0.15) is 5.10 Å². The molecule has 10 heteroatoms. The molecule has 2 N–H and O–H groups in total. The van der Waals surface area contributed by atoms with E-state index in [1.54, 1.807) is 22.7 Å². The molecule has 1 aromatic heterocycles. The number of carbonyl (C=O) groups is 3. The highest BCUT2D eigenvalue weighted by molar-refractivity contribution is 6.04. The van der Waals surface area contributed by atoms with Crippen molar-refractivity contribution in [3.63, 3.8) is 0 Å². The van der Waals surface area contributed by atoms with E-state index >= 15 is 0 Å². The largest absolute Gasteiger partial charge is 0.355 e. The number of carbonyl (C=O) groups excluding carboxylic acids is 3. The Bertz CT molecular complexity index is 1080. The van der Waals surface area contributed by atoms with Gasteiger partial charge < -0.3 is 20.4 Å². The van der Waals surface area contributed by atoms with Crippen molar-refractivity contribution >= 4 is 23.4 Å². The van der Waals surface area contributed by atoms with Crippen LogP contribution in [0.5, 0.6) is 0 Å². The van der Waals surface area contributed by atoms with Gasteiger partial charge in [0.05, 0.1) is 0 Å². The van der Waals surface area contributed by atoms with Crippen LogP contribution in [0.3, 0.4) is 0 Å². The van der Waals surface area contributed by atoms with Crippen LogP contribution < -0.4 is 10.6 Å². The lowest BCUT2D eigenvalue weighted by Gasteiger charge is -2.28. The van der Waals surface area contributed by atoms with E-state index in [0.717, 1.165) is 25.3 Å². The number of likely N-dealkylation sites (tertiary alicyclic amines) is 1. The second-order valence-electron chi connectivity index (χ2n) is 9.18. The third kappa shape index (κ3) is 6.45. The molecule has 0 saturated carbocycles. The fourth-order valence-corrected chi connectivity index (χ4v) is 4.75. The summed E-state index contributed by atoms with van der Waals surface area (Å²) in [6.45, 7) is 4.37. The average Bonchev–Trinajstić information content (AvgIpc) is 3.19. The van der Waals surface area contributed by atoms with Gasteiger partial charge in [-0.3, -0.25) is 19.1 Å². The summed E-state index contributed by atoms with van der Waals surface area (Å²) in [4.78, 5) is 41.9. The Morgan fingerprint density at radius 1 is 1.09 bits per heavy atom. The van der Waals surface area contributed by atoms with Crippen molar-refractivity contribution in [1.29, 1.82) is 0 Å². The summed E-state index contributed by atoms with van der Waals surface area (Å²) in [5.41, 5.74) is 2.14. The first-order chi connectivity index (χ1) is 16.9. The van der Waals surface area contributed by atoms with Crippen molar-refractivity contribution in [3.05, 3.63) is 47.0 Å². The Balaban J connectivity index is 1.29. The molecular weight excluding hydrogens is 451 g/mol. The molecule has 35 heavy (non-hydrogen) atoms. The van der Waals surface area contributed by atoms with Crippen LogP contribution in [0.15, 0.2) is 24.3 Å². The van der Waals surface area contributed by atoms with Gasteiger partial charge in [-0.15, -0.1) is 0 Å². The lowest BCUT2D eigenvalue weighted by Crippen LogP contribution is -2.39. The zero-order valence-corrected chi connectivity index (χ0v) is 20.2. The van der Waals surface area contributed by atoms with Crippen LogP contribution in [0.4, 0.5) is 10.1 Å². The third-order valence-corrected chi connectivity index (χ3v) is 6.66. The Morgan fingerprint density at radius 2 is 1.89 bits per heavy atom. The van der Waals surface area contributed by atoms with Gasteiger partial charge in [0.15, 0.2) is 5.69 Å². The maximum absolute atomic E-state index is 13.5. The van der Waals surface area contributed by atoms with E-state index in [1.807, 2.05) is 0 Å². The Labute approximate surface area is 204 Å². The highest BCUT2D eigenvalue weighted by Gasteiger charge is 2.29. The molecule has 188 valence electrons. The molecular formula is C25H33FN6O3. The number of benzene rings is 1. The second-order valence-corrected chi connectivity index (χ2v) is 9.18. The number of piperidine rings is 1. The number of anilines is 1. The number of nitrogens with one attached hydrogen (secondary N) is 2. The highest BCUT2D eigenvalue weighted by atomic mass is 19.1. The summed E-state index contributed by atoms with van der Waals surface area (Å²) in [6.07, 6.45) is 4.54. The van der Waals surface area contributed by atoms with E-state index in [-0.39, 0.29) is 36.9 Å². The molecule has 0 bridgehead atoms. The number of hydrogen-bond donors (Lipinski definition) is 2. The van der Waals surface area contributed by atoms with Crippen LogP contribution in [0.2, 0.25) is 0 Å². The summed E-state index contributed by atoms with van der Waals surface area (Å²) in [7, 11) is 1.77. The molecule has 3 heterocycles. The minimum absolute atomic E-state index is 0.121. The fraction of sp³-hybridized carbons (Fsp3) is 0.520. The molecule has 1 fully saturated rings. The van der Waals surface area contributed by atoms with Crippen LogP contribution in [0, 0.1) is 5.82 Å². The van der Waals surface area contributed by atoms with E-state index in [2.05, 4.69) is 20.6 Å². The summed E-state index contributed by atoms with van der Waals surface area (Å²) in [5.74, 6) is -1.14. The summed E-state index contributed by atoms with van der Waals surface area (Å²) < 4.78 is 15.1. The van der Waals surface area contributed by atoms with Gasteiger partial charge in [-0.05, 0) is 44.1 Å². The first kappa shape index (κ1) is 24.8. The van der Waals surface area contributed by atoms with Crippen LogP contribution in [0.25, 0.3) is 0 Å². The molecule has 1 aromatic carbocycles. The third-order valence-electron chi connectivity index (χ3n) is 6.66. The first-order valence-electron chi connectivity index (χ1n) is 12.3. The zero-order valence-electron chi connectivity index (χ0n) is 20.2. The number of aromatic nitrogens is 2. The SMILES string of the molecule is Cn1nc(C(=O)Nc2cccc(F)c2)c2c1CCN(C(=O)CCC(=O)NCCN1CCCCC1)C2. The van der Waals surface area contributed by atoms with Crippen LogP contribution >= 0.6 is 0 Å². The van der Waals surface area contributed by atoms with Gasteiger partial charge in [0.25, 0.3) is 5.91 Å². The maximum Gasteiger partial charge on any atom is 0.276 e. The first-order valence-corrected chi connectivity index (χ1v) is 12.3. The molecule has 3 amide bonds. The standard InChI is InChI=1S/C25H33FN6O3/c1-30-21-10-14-32(23(34)9-8-22(33)27-11-15-31-12-3-2-4-13-31)17-20(21)24(29-30)25(35)28-19-7-5-6-18(26)16-19/h5-7,16H,2-4,8-15,17H2,1H3,(H,27,33)(H,28,35). The topological polar surface area (TPSA) is 99.6 Å². The summed E-state index contributed by atoms with van der Waals surface area (Å²) in [6, 6.07) is 5.66. The van der Waals surface area contributed by atoms with Crippen molar-refractivity contribution < 1.29 is 18.8 Å². The zero-order chi connectivity index (χ0) is 24.8. The van der Waals surface area contributed by atoms with Crippen molar-refractivity contribution in [2.75, 3.05) is 38.0 Å². The molecule has 4 rings (SSSR count). The summed E-state index contributed by atoms with van der Waals surface area (Å²) >= 11 is 0. The average molecular weight is 485 g/mol.